The number of halogens is 1. The Bertz CT molecular complexity index is 799. The van der Waals surface area contributed by atoms with E-state index in [-0.39, 0.29) is 33.8 Å². The number of rotatable bonds is 7. The Hall–Kier alpha value is -1.73. The molecular weight excluding hydrogens is 354 g/mol. The first-order chi connectivity index (χ1) is 11.2. The Balaban J connectivity index is 2.39. The van der Waals surface area contributed by atoms with Crippen LogP contribution in [-0.4, -0.2) is 38.7 Å². The van der Waals surface area contributed by atoms with Crippen LogP contribution in [0, 0.1) is 17.2 Å². The molecule has 1 fully saturated rings. The van der Waals surface area contributed by atoms with Crippen molar-refractivity contribution in [3.8, 4) is 0 Å². The van der Waals surface area contributed by atoms with Crippen molar-refractivity contribution in [3.63, 3.8) is 0 Å². The van der Waals surface area contributed by atoms with Crippen LogP contribution in [0.25, 0.3) is 0 Å². The number of ether oxygens (including phenoxy) is 1. The number of nitrogens with one attached hydrogen (secondary N) is 1. The minimum atomic E-state index is -3.46. The van der Waals surface area contributed by atoms with Gasteiger partial charge in [0.25, 0.3) is 0 Å². The minimum absolute atomic E-state index is 0.00696. The predicted octanol–water partition coefficient (Wildman–Crippen LogP) is 2.54. The summed E-state index contributed by atoms with van der Waals surface area (Å²) in [5, 5.41) is 7.82. The Morgan fingerprint density at radius 2 is 2.00 bits per heavy atom. The summed E-state index contributed by atoms with van der Waals surface area (Å²) in [5.41, 5.74) is 0.00696. The largest absolute Gasteiger partial charge is 0.481 e. The molecule has 2 rings (SSSR count). The third kappa shape index (κ3) is 4.02. The third-order valence-corrected chi connectivity index (χ3v) is 5.15. The number of Topliss-reactive ketones (excluding diaryl/α,β-unsaturated/α-hetero) is 2. The van der Waals surface area contributed by atoms with Crippen LogP contribution in [0.5, 0.6) is 0 Å². The summed E-state index contributed by atoms with van der Waals surface area (Å²) in [5.74, 6) is -2.95. The van der Waals surface area contributed by atoms with E-state index in [0.29, 0.717) is 12.8 Å². The van der Waals surface area contributed by atoms with Crippen molar-refractivity contribution < 1.29 is 22.7 Å². The van der Waals surface area contributed by atoms with Gasteiger partial charge in [-0.15, -0.1) is 0 Å². The van der Waals surface area contributed by atoms with Crippen LogP contribution < -0.4 is 0 Å². The molecule has 1 saturated carbocycles. The highest BCUT2D eigenvalue weighted by Gasteiger charge is 2.42. The number of carbonyl (C=O) groups is 2. The lowest BCUT2D eigenvalue weighted by molar-refractivity contribution is -0.121. The second-order valence-corrected chi connectivity index (χ2v) is 8.11. The number of carbonyl (C=O) groups excluding carboxylic acids is 2. The van der Waals surface area contributed by atoms with Gasteiger partial charge in [0.05, 0.1) is 16.5 Å². The van der Waals surface area contributed by atoms with Crippen molar-refractivity contribution in [2.45, 2.75) is 24.7 Å². The van der Waals surface area contributed by atoms with E-state index < -0.39 is 27.4 Å². The molecule has 0 aliphatic heterocycles. The molecule has 8 heteroatoms. The second-order valence-electron chi connectivity index (χ2n) is 5.68. The Labute approximate surface area is 145 Å². The highest BCUT2D eigenvalue weighted by atomic mass is 35.5. The maximum atomic E-state index is 12.7. The zero-order valence-electron chi connectivity index (χ0n) is 13.3. The number of hydrogen-bond acceptors (Lipinski definition) is 6. The molecule has 1 N–H and O–H groups in total. The molecule has 1 aromatic rings. The molecule has 0 aromatic heterocycles. The SMILES string of the molecule is CCOC(=N)C(C(=O)c1ccc(S(C)(=O)=O)cc1Cl)C(=O)C1CC1. The molecule has 1 unspecified atom stereocenters. The van der Waals surface area contributed by atoms with Crippen molar-refractivity contribution in [2.24, 2.45) is 11.8 Å². The van der Waals surface area contributed by atoms with Crippen LogP contribution in [0.2, 0.25) is 5.02 Å². The summed E-state index contributed by atoms with van der Waals surface area (Å²) in [4.78, 5) is 25.1. The summed E-state index contributed by atoms with van der Waals surface area (Å²) in [7, 11) is -3.46. The minimum Gasteiger partial charge on any atom is -0.481 e. The van der Waals surface area contributed by atoms with Crippen LogP contribution in [0.3, 0.4) is 0 Å². The molecule has 0 spiro atoms. The average molecular weight is 372 g/mol. The van der Waals surface area contributed by atoms with E-state index in [1.54, 1.807) is 6.92 Å². The maximum Gasteiger partial charge on any atom is 0.199 e. The van der Waals surface area contributed by atoms with E-state index in [0.717, 1.165) is 6.26 Å². The number of hydrogen-bond donors (Lipinski definition) is 1. The summed E-state index contributed by atoms with van der Waals surface area (Å²) in [6, 6.07) is 3.71. The summed E-state index contributed by atoms with van der Waals surface area (Å²) < 4.78 is 28.2. The molecule has 130 valence electrons. The molecule has 0 amide bonds. The summed E-state index contributed by atoms with van der Waals surface area (Å²) in [6.45, 7) is 1.83. The topological polar surface area (TPSA) is 101 Å². The van der Waals surface area contributed by atoms with Crippen LogP contribution in [0.4, 0.5) is 0 Å². The van der Waals surface area contributed by atoms with Crippen molar-refractivity contribution in [2.75, 3.05) is 12.9 Å². The highest BCUT2D eigenvalue weighted by Crippen LogP contribution is 2.34. The first-order valence-corrected chi connectivity index (χ1v) is 9.72. The van der Waals surface area contributed by atoms with Crippen LogP contribution in [0.1, 0.15) is 30.1 Å². The van der Waals surface area contributed by atoms with Gasteiger partial charge in [0.15, 0.2) is 33.2 Å². The fourth-order valence-electron chi connectivity index (χ4n) is 2.30. The van der Waals surface area contributed by atoms with Gasteiger partial charge in [0.1, 0.15) is 0 Å². The molecule has 0 radical (unpaired) electrons. The lowest BCUT2D eigenvalue weighted by Gasteiger charge is -2.16. The van der Waals surface area contributed by atoms with Crippen molar-refractivity contribution >= 4 is 38.9 Å². The van der Waals surface area contributed by atoms with E-state index in [9.17, 15) is 18.0 Å². The first kappa shape index (κ1) is 18.6. The molecule has 0 heterocycles. The van der Waals surface area contributed by atoms with Gasteiger partial charge in [-0.05, 0) is 38.0 Å². The number of benzene rings is 1. The molecule has 0 bridgehead atoms. The van der Waals surface area contributed by atoms with E-state index in [1.165, 1.54) is 18.2 Å². The van der Waals surface area contributed by atoms with Gasteiger partial charge in [-0.2, -0.15) is 0 Å². The number of sulfone groups is 1. The van der Waals surface area contributed by atoms with E-state index in [2.05, 4.69) is 0 Å². The van der Waals surface area contributed by atoms with Crippen LogP contribution in [-0.2, 0) is 19.4 Å². The standard InChI is InChI=1S/C16H18ClNO5S/c1-3-23-16(18)13(14(19)9-4-5-9)15(20)11-7-6-10(8-12(11)17)24(2,21)22/h6-9,13,18H,3-5H2,1-2H3. The molecule has 1 aromatic carbocycles. The Morgan fingerprint density at radius 3 is 2.46 bits per heavy atom. The lowest BCUT2D eigenvalue weighted by Crippen LogP contribution is -2.34. The van der Waals surface area contributed by atoms with Gasteiger partial charge < -0.3 is 4.74 Å². The molecule has 1 aliphatic rings. The average Bonchev–Trinajstić information content (AvgIpc) is 3.31. The smallest absolute Gasteiger partial charge is 0.199 e. The monoisotopic (exact) mass is 371 g/mol. The van der Waals surface area contributed by atoms with Gasteiger partial charge in [-0.1, -0.05) is 11.6 Å². The second kappa shape index (κ2) is 7.03. The summed E-state index contributed by atoms with van der Waals surface area (Å²) >= 11 is 6.05. The number of ketones is 2. The van der Waals surface area contributed by atoms with Crippen LogP contribution >= 0.6 is 11.6 Å². The first-order valence-electron chi connectivity index (χ1n) is 7.45. The van der Waals surface area contributed by atoms with Crippen molar-refractivity contribution in [3.05, 3.63) is 28.8 Å². The van der Waals surface area contributed by atoms with Crippen molar-refractivity contribution in [1.82, 2.24) is 0 Å². The Kier molecular flexibility index (Phi) is 5.45. The molecular formula is C16H18ClNO5S. The fourth-order valence-corrected chi connectivity index (χ4v) is 3.29. The van der Waals surface area contributed by atoms with Gasteiger partial charge in [0.2, 0.25) is 0 Å². The van der Waals surface area contributed by atoms with Gasteiger partial charge in [-0.25, -0.2) is 8.42 Å². The molecule has 24 heavy (non-hydrogen) atoms. The molecule has 1 aliphatic carbocycles. The lowest BCUT2D eigenvalue weighted by atomic mass is 9.91. The van der Waals surface area contributed by atoms with E-state index in [4.69, 9.17) is 21.7 Å². The van der Waals surface area contributed by atoms with Crippen LogP contribution in [0.15, 0.2) is 23.1 Å². The molecule has 6 nitrogen and oxygen atoms in total. The van der Waals surface area contributed by atoms with Crippen molar-refractivity contribution in [1.29, 1.82) is 5.41 Å². The van der Waals surface area contributed by atoms with Gasteiger partial charge in [0, 0.05) is 17.7 Å². The molecule has 1 atom stereocenters. The quantitative estimate of drug-likeness (QED) is 0.343. The predicted molar refractivity (Wildman–Crippen MR) is 89.5 cm³/mol. The zero-order chi connectivity index (χ0) is 18.1. The van der Waals surface area contributed by atoms with Gasteiger partial charge in [-0.3, -0.25) is 15.0 Å². The summed E-state index contributed by atoms with van der Waals surface area (Å²) in [6.07, 6.45) is 2.43. The van der Waals surface area contributed by atoms with E-state index in [1.807, 2.05) is 0 Å². The van der Waals surface area contributed by atoms with E-state index >= 15 is 0 Å². The van der Waals surface area contributed by atoms with Gasteiger partial charge >= 0.3 is 0 Å². The fraction of sp³-hybridized carbons (Fsp3) is 0.438. The third-order valence-electron chi connectivity index (χ3n) is 3.72. The normalized spacial score (nSPS) is 15.6. The maximum absolute atomic E-state index is 12.7. The Morgan fingerprint density at radius 1 is 1.38 bits per heavy atom. The molecule has 0 saturated heterocycles. The zero-order valence-corrected chi connectivity index (χ0v) is 14.9. The highest BCUT2D eigenvalue weighted by molar-refractivity contribution is 7.90.